The normalized spacial score (nSPS) is 14.3. The van der Waals surface area contributed by atoms with E-state index in [-0.39, 0.29) is 12.1 Å². The summed E-state index contributed by atoms with van der Waals surface area (Å²) < 4.78 is 0. The van der Waals surface area contributed by atoms with Gasteiger partial charge in [-0.15, -0.1) is 0 Å². The molecule has 0 fully saturated rings. The van der Waals surface area contributed by atoms with E-state index in [9.17, 15) is 9.59 Å². The fraction of sp³-hybridized carbons (Fsp3) is 0.556. The molecule has 80 valence electrons. The summed E-state index contributed by atoms with van der Waals surface area (Å²) >= 11 is 0. The molecule has 2 atom stereocenters. The number of ketones is 1. The molecule has 5 heteroatoms. The maximum absolute atomic E-state index is 11.2. The first kappa shape index (κ1) is 12.8. The first-order chi connectivity index (χ1) is 6.36. The summed E-state index contributed by atoms with van der Waals surface area (Å²) in [5.41, 5.74) is 5.58. The van der Waals surface area contributed by atoms with Gasteiger partial charge in [-0.25, -0.2) is 0 Å². The van der Waals surface area contributed by atoms with Crippen LogP contribution in [0.4, 0.5) is 0 Å². The molecular weight excluding hydrogens is 184 g/mol. The highest BCUT2D eigenvalue weighted by atomic mass is 16.3. The number of hydrogen-bond donors (Lipinski definition) is 3. The number of rotatable bonds is 5. The van der Waals surface area contributed by atoms with Crippen LogP contribution in [0.2, 0.25) is 0 Å². The summed E-state index contributed by atoms with van der Waals surface area (Å²) in [7, 11) is 0. The second kappa shape index (κ2) is 5.51. The first-order valence-corrected chi connectivity index (χ1v) is 4.27. The van der Waals surface area contributed by atoms with Gasteiger partial charge in [0.15, 0.2) is 5.78 Å². The van der Waals surface area contributed by atoms with E-state index in [1.54, 1.807) is 0 Å². The Kier molecular flexibility index (Phi) is 5.04. The van der Waals surface area contributed by atoms with Crippen molar-refractivity contribution in [3.63, 3.8) is 0 Å². The van der Waals surface area contributed by atoms with Crippen molar-refractivity contribution in [2.45, 2.75) is 26.0 Å². The minimum atomic E-state index is -1.23. The lowest BCUT2D eigenvalue weighted by atomic mass is 10.1. The highest BCUT2D eigenvalue weighted by Gasteiger charge is 2.21. The molecule has 0 aromatic rings. The number of aliphatic hydroxyl groups excluding tert-OH is 1. The maximum atomic E-state index is 11.2. The molecule has 0 aliphatic rings. The van der Waals surface area contributed by atoms with Crippen LogP contribution in [-0.2, 0) is 9.59 Å². The van der Waals surface area contributed by atoms with Gasteiger partial charge in [-0.05, 0) is 19.4 Å². The molecule has 0 spiro atoms. The molecule has 0 aromatic carbocycles. The number of carbonyl (C=O) groups excluding carboxylic acids is 2. The van der Waals surface area contributed by atoms with Gasteiger partial charge < -0.3 is 16.2 Å². The van der Waals surface area contributed by atoms with Crippen LogP contribution < -0.4 is 11.1 Å². The van der Waals surface area contributed by atoms with Crippen molar-refractivity contribution in [2.24, 2.45) is 5.73 Å². The molecule has 2 unspecified atom stereocenters. The van der Waals surface area contributed by atoms with Gasteiger partial charge >= 0.3 is 0 Å². The summed E-state index contributed by atoms with van der Waals surface area (Å²) in [6.07, 6.45) is -0.661. The Morgan fingerprint density at radius 3 is 2.43 bits per heavy atom. The number of aliphatic hydroxyl groups is 1. The summed E-state index contributed by atoms with van der Waals surface area (Å²) in [6.45, 7) is 6.48. The number of hydrogen-bond acceptors (Lipinski definition) is 4. The molecule has 1 amide bonds. The van der Waals surface area contributed by atoms with Crippen LogP contribution >= 0.6 is 0 Å². The molecule has 4 N–H and O–H groups in total. The monoisotopic (exact) mass is 200 g/mol. The van der Waals surface area contributed by atoms with Gasteiger partial charge in [0, 0.05) is 6.54 Å². The van der Waals surface area contributed by atoms with Crippen molar-refractivity contribution in [2.75, 3.05) is 6.54 Å². The molecule has 0 heterocycles. The lowest BCUT2D eigenvalue weighted by Crippen LogP contribution is -2.47. The largest absolute Gasteiger partial charge is 0.392 e. The molecule has 0 saturated carbocycles. The van der Waals surface area contributed by atoms with E-state index >= 15 is 0 Å². The Morgan fingerprint density at radius 2 is 2.07 bits per heavy atom. The highest BCUT2D eigenvalue weighted by Crippen LogP contribution is 1.94. The number of Topliss-reactive ketones (excluding diaryl/α,β-unsaturated/α-hetero) is 1. The summed E-state index contributed by atoms with van der Waals surface area (Å²) in [5, 5.41) is 11.2. The quantitative estimate of drug-likeness (QED) is 0.390. The Labute approximate surface area is 83.0 Å². The molecule has 0 radical (unpaired) electrons. The molecule has 5 nitrogen and oxygen atoms in total. The van der Waals surface area contributed by atoms with Crippen molar-refractivity contribution < 1.29 is 14.7 Å². The molecule has 14 heavy (non-hydrogen) atoms. The van der Waals surface area contributed by atoms with Crippen LogP contribution in [0.3, 0.4) is 0 Å². The zero-order valence-corrected chi connectivity index (χ0v) is 8.41. The highest BCUT2D eigenvalue weighted by molar-refractivity contribution is 6.12. The molecule has 0 bridgehead atoms. The maximum Gasteiger partial charge on any atom is 0.245 e. The minimum absolute atomic E-state index is 0.0794. The van der Waals surface area contributed by atoms with Crippen LogP contribution in [0.1, 0.15) is 13.8 Å². The fourth-order valence-electron chi connectivity index (χ4n) is 0.743. The van der Waals surface area contributed by atoms with Crippen LogP contribution in [0, 0.1) is 0 Å². The van der Waals surface area contributed by atoms with Crippen molar-refractivity contribution >= 4 is 11.7 Å². The first-order valence-electron chi connectivity index (χ1n) is 4.27. The Morgan fingerprint density at radius 1 is 1.57 bits per heavy atom. The number of carbonyl (C=O) groups is 2. The lowest BCUT2D eigenvalue weighted by Gasteiger charge is -2.11. The third kappa shape index (κ3) is 4.15. The lowest BCUT2D eigenvalue weighted by molar-refractivity contribution is -0.128. The number of nitrogens with one attached hydrogen (secondary N) is 1. The second-order valence-electron chi connectivity index (χ2n) is 3.22. The van der Waals surface area contributed by atoms with E-state index in [4.69, 9.17) is 10.8 Å². The molecule has 0 aliphatic carbocycles. The Hall–Kier alpha value is -1.20. The average Bonchev–Trinajstić information content (AvgIpc) is 2.11. The van der Waals surface area contributed by atoms with Crippen LogP contribution in [-0.4, -0.2) is 35.5 Å². The van der Waals surface area contributed by atoms with E-state index < -0.39 is 23.8 Å². The molecule has 0 rings (SSSR count). The van der Waals surface area contributed by atoms with Crippen molar-refractivity contribution in [3.05, 3.63) is 12.2 Å². The predicted molar refractivity (Wildman–Crippen MR) is 52.5 cm³/mol. The molecule has 0 saturated heterocycles. The van der Waals surface area contributed by atoms with E-state index in [2.05, 4.69) is 11.9 Å². The second-order valence-corrected chi connectivity index (χ2v) is 3.22. The Balaban J connectivity index is 4.12. The van der Waals surface area contributed by atoms with E-state index in [0.717, 1.165) is 0 Å². The van der Waals surface area contributed by atoms with Gasteiger partial charge in [-0.1, -0.05) is 6.58 Å². The van der Waals surface area contributed by atoms with Gasteiger partial charge in [0.25, 0.3) is 0 Å². The predicted octanol–water partition coefficient (Wildman–Crippen LogP) is -1.04. The zero-order chi connectivity index (χ0) is 11.3. The van der Waals surface area contributed by atoms with E-state index in [1.807, 2.05) is 0 Å². The van der Waals surface area contributed by atoms with Gasteiger partial charge in [-0.2, -0.15) is 0 Å². The van der Waals surface area contributed by atoms with Gasteiger partial charge in [0.05, 0.1) is 6.10 Å². The smallest absolute Gasteiger partial charge is 0.245 e. The SMILES string of the molecule is C=C(C)C(=O)C(N)C(=O)NCC(C)O. The van der Waals surface area contributed by atoms with E-state index in [0.29, 0.717) is 0 Å². The number of amides is 1. The van der Waals surface area contributed by atoms with Gasteiger partial charge in [0.2, 0.25) is 5.91 Å². The molecule has 0 aromatic heterocycles. The van der Waals surface area contributed by atoms with Crippen LogP contribution in [0.15, 0.2) is 12.2 Å². The standard InChI is InChI=1S/C9H16N2O3/c1-5(2)8(13)7(10)9(14)11-4-6(3)12/h6-7,12H,1,4,10H2,2-3H3,(H,11,14). The van der Waals surface area contributed by atoms with Gasteiger partial charge in [-0.3, -0.25) is 9.59 Å². The topological polar surface area (TPSA) is 92.4 Å². The van der Waals surface area contributed by atoms with Crippen LogP contribution in [0.5, 0.6) is 0 Å². The van der Waals surface area contributed by atoms with Crippen molar-refractivity contribution in [1.29, 1.82) is 0 Å². The van der Waals surface area contributed by atoms with Crippen molar-refractivity contribution in [1.82, 2.24) is 5.32 Å². The fourth-order valence-corrected chi connectivity index (χ4v) is 0.743. The minimum Gasteiger partial charge on any atom is -0.392 e. The van der Waals surface area contributed by atoms with E-state index in [1.165, 1.54) is 13.8 Å². The van der Waals surface area contributed by atoms with Crippen molar-refractivity contribution in [3.8, 4) is 0 Å². The third-order valence-electron chi connectivity index (χ3n) is 1.56. The Bertz CT molecular complexity index is 248. The van der Waals surface area contributed by atoms with Crippen LogP contribution in [0.25, 0.3) is 0 Å². The van der Waals surface area contributed by atoms with Gasteiger partial charge in [0.1, 0.15) is 6.04 Å². The number of nitrogens with two attached hydrogens (primary N) is 1. The summed E-state index contributed by atoms with van der Waals surface area (Å²) in [4.78, 5) is 22.4. The third-order valence-corrected chi connectivity index (χ3v) is 1.56. The summed E-state index contributed by atoms with van der Waals surface area (Å²) in [6, 6.07) is -1.23. The molecular formula is C9H16N2O3. The zero-order valence-electron chi connectivity index (χ0n) is 8.41. The molecule has 0 aliphatic heterocycles. The summed E-state index contributed by atoms with van der Waals surface area (Å²) in [5.74, 6) is -1.09. The average molecular weight is 200 g/mol.